The molecule has 1 saturated heterocycles. The molecule has 1 atom stereocenters. The highest BCUT2D eigenvalue weighted by Gasteiger charge is 2.37. The predicted molar refractivity (Wildman–Crippen MR) is 105 cm³/mol. The van der Waals surface area contributed by atoms with Crippen molar-refractivity contribution in [2.24, 2.45) is 5.73 Å². The van der Waals surface area contributed by atoms with Gasteiger partial charge in [-0.15, -0.1) is 0 Å². The zero-order chi connectivity index (χ0) is 19.5. The molecule has 2 aromatic carbocycles. The number of nitrogens with zero attached hydrogens (tertiary/aromatic N) is 2. The fourth-order valence-corrected chi connectivity index (χ4v) is 4.80. The van der Waals surface area contributed by atoms with Gasteiger partial charge in [0, 0.05) is 26.2 Å². The maximum atomic E-state index is 12.9. The summed E-state index contributed by atoms with van der Waals surface area (Å²) in [5.41, 5.74) is 6.68. The molecule has 0 spiro atoms. The third-order valence-corrected chi connectivity index (χ3v) is 6.78. The molecule has 6 nitrogen and oxygen atoms in total. The maximum absolute atomic E-state index is 12.9. The van der Waals surface area contributed by atoms with Gasteiger partial charge >= 0.3 is 0 Å². The SMILES string of the molecule is CC(N)(C(=O)N1CCN(S(=O)(=O)Cc2ccccc2)CC1)c1ccccc1. The minimum absolute atomic E-state index is 0.0274. The van der Waals surface area contributed by atoms with Crippen molar-refractivity contribution >= 4 is 15.9 Å². The number of hydrogen-bond acceptors (Lipinski definition) is 4. The van der Waals surface area contributed by atoms with Crippen LogP contribution in [-0.2, 0) is 26.1 Å². The average Bonchev–Trinajstić information content (AvgIpc) is 2.68. The summed E-state index contributed by atoms with van der Waals surface area (Å²) in [5.74, 6) is -0.214. The number of nitrogens with two attached hydrogens (primary N) is 1. The van der Waals surface area contributed by atoms with E-state index < -0.39 is 15.6 Å². The van der Waals surface area contributed by atoms with E-state index in [1.54, 1.807) is 24.0 Å². The molecule has 0 aromatic heterocycles. The molecular weight excluding hydrogens is 362 g/mol. The molecule has 0 saturated carbocycles. The highest BCUT2D eigenvalue weighted by atomic mass is 32.2. The summed E-state index contributed by atoms with van der Waals surface area (Å²) in [6.45, 7) is 2.94. The van der Waals surface area contributed by atoms with Crippen LogP contribution < -0.4 is 5.73 Å². The van der Waals surface area contributed by atoms with Gasteiger partial charge in [-0.3, -0.25) is 4.79 Å². The molecule has 7 heteroatoms. The van der Waals surface area contributed by atoms with E-state index in [-0.39, 0.29) is 24.7 Å². The fourth-order valence-electron chi connectivity index (χ4n) is 3.28. The number of carbonyl (C=O) groups excluding carboxylic acids is 1. The molecule has 1 aliphatic rings. The van der Waals surface area contributed by atoms with Gasteiger partial charge in [-0.25, -0.2) is 8.42 Å². The Bertz CT molecular complexity index is 875. The lowest BCUT2D eigenvalue weighted by atomic mass is 9.91. The molecule has 3 rings (SSSR count). The highest BCUT2D eigenvalue weighted by Crippen LogP contribution is 2.22. The van der Waals surface area contributed by atoms with Crippen LogP contribution in [0.3, 0.4) is 0 Å². The second-order valence-corrected chi connectivity index (χ2v) is 8.97. The van der Waals surface area contributed by atoms with Gasteiger partial charge in [0.2, 0.25) is 15.9 Å². The second-order valence-electron chi connectivity index (χ2n) is 7.00. The summed E-state index contributed by atoms with van der Waals surface area (Å²) in [4.78, 5) is 14.6. The van der Waals surface area contributed by atoms with E-state index in [0.29, 0.717) is 13.1 Å². The quantitative estimate of drug-likeness (QED) is 0.843. The number of rotatable bonds is 5. The first-order chi connectivity index (χ1) is 12.8. The Morgan fingerprint density at radius 3 is 2.04 bits per heavy atom. The molecule has 1 heterocycles. The number of hydrogen-bond donors (Lipinski definition) is 1. The van der Waals surface area contributed by atoms with Gasteiger partial charge in [-0.2, -0.15) is 4.31 Å². The molecule has 144 valence electrons. The fraction of sp³-hybridized carbons (Fsp3) is 0.350. The summed E-state index contributed by atoms with van der Waals surface area (Å²) < 4.78 is 26.8. The Morgan fingerprint density at radius 1 is 0.963 bits per heavy atom. The van der Waals surface area contributed by atoms with Crippen molar-refractivity contribution in [2.75, 3.05) is 26.2 Å². The number of piperazine rings is 1. The lowest BCUT2D eigenvalue weighted by Gasteiger charge is -2.38. The van der Waals surface area contributed by atoms with Crippen molar-refractivity contribution < 1.29 is 13.2 Å². The van der Waals surface area contributed by atoms with Gasteiger partial charge < -0.3 is 10.6 Å². The van der Waals surface area contributed by atoms with Crippen LogP contribution >= 0.6 is 0 Å². The molecule has 0 bridgehead atoms. The minimum atomic E-state index is -3.41. The van der Waals surface area contributed by atoms with Crippen LogP contribution in [0.15, 0.2) is 60.7 Å². The molecule has 2 aromatic rings. The summed E-state index contributed by atoms with van der Waals surface area (Å²) in [6.07, 6.45) is 0. The van der Waals surface area contributed by atoms with Crippen LogP contribution in [0.2, 0.25) is 0 Å². The van der Waals surface area contributed by atoms with Crippen LogP contribution in [0.5, 0.6) is 0 Å². The minimum Gasteiger partial charge on any atom is -0.338 e. The first-order valence-corrected chi connectivity index (χ1v) is 10.6. The van der Waals surface area contributed by atoms with Gasteiger partial charge in [0.25, 0.3) is 0 Å². The van der Waals surface area contributed by atoms with Crippen molar-refractivity contribution in [1.29, 1.82) is 0 Å². The van der Waals surface area contributed by atoms with Crippen molar-refractivity contribution in [3.8, 4) is 0 Å². The highest BCUT2D eigenvalue weighted by molar-refractivity contribution is 7.88. The van der Waals surface area contributed by atoms with Gasteiger partial charge in [0.15, 0.2) is 0 Å². The Labute approximate surface area is 160 Å². The largest absolute Gasteiger partial charge is 0.338 e. The first-order valence-electron chi connectivity index (χ1n) is 8.96. The van der Waals surface area contributed by atoms with Crippen LogP contribution in [-0.4, -0.2) is 49.7 Å². The molecule has 0 radical (unpaired) electrons. The molecule has 0 aliphatic carbocycles. The molecule has 1 aliphatic heterocycles. The van der Waals surface area contributed by atoms with Crippen molar-refractivity contribution in [1.82, 2.24) is 9.21 Å². The standard InChI is InChI=1S/C20H25N3O3S/c1-20(21,18-10-6-3-7-11-18)19(24)22-12-14-23(15-13-22)27(25,26)16-17-8-4-2-5-9-17/h2-11H,12-16,21H2,1H3. The monoisotopic (exact) mass is 387 g/mol. The molecule has 27 heavy (non-hydrogen) atoms. The Morgan fingerprint density at radius 2 is 1.48 bits per heavy atom. The van der Waals surface area contributed by atoms with E-state index in [1.165, 1.54) is 4.31 Å². The Kier molecular flexibility index (Phi) is 5.64. The Balaban J connectivity index is 1.64. The van der Waals surface area contributed by atoms with Crippen LogP contribution in [0.4, 0.5) is 0 Å². The van der Waals surface area contributed by atoms with Gasteiger partial charge in [-0.05, 0) is 18.1 Å². The first kappa shape index (κ1) is 19.5. The Hall–Kier alpha value is -2.22. The molecular formula is C20H25N3O3S. The van der Waals surface area contributed by atoms with Crippen LogP contribution in [0.25, 0.3) is 0 Å². The van der Waals surface area contributed by atoms with E-state index >= 15 is 0 Å². The maximum Gasteiger partial charge on any atom is 0.247 e. The van der Waals surface area contributed by atoms with E-state index in [0.717, 1.165) is 11.1 Å². The number of sulfonamides is 1. The van der Waals surface area contributed by atoms with Crippen molar-refractivity contribution in [2.45, 2.75) is 18.2 Å². The van der Waals surface area contributed by atoms with E-state index in [4.69, 9.17) is 5.73 Å². The summed E-state index contributed by atoms with van der Waals surface area (Å²) in [5, 5.41) is 0. The molecule has 1 amide bonds. The van der Waals surface area contributed by atoms with Gasteiger partial charge in [0.1, 0.15) is 5.54 Å². The molecule has 1 fully saturated rings. The number of amides is 1. The zero-order valence-corrected chi connectivity index (χ0v) is 16.2. The van der Waals surface area contributed by atoms with E-state index in [2.05, 4.69) is 0 Å². The topological polar surface area (TPSA) is 83.7 Å². The van der Waals surface area contributed by atoms with Crippen molar-refractivity contribution in [3.63, 3.8) is 0 Å². The van der Waals surface area contributed by atoms with Gasteiger partial charge in [-0.1, -0.05) is 60.7 Å². The number of carbonyl (C=O) groups is 1. The van der Waals surface area contributed by atoms with Crippen LogP contribution in [0, 0.1) is 0 Å². The van der Waals surface area contributed by atoms with E-state index in [9.17, 15) is 13.2 Å². The van der Waals surface area contributed by atoms with Crippen molar-refractivity contribution in [3.05, 3.63) is 71.8 Å². The average molecular weight is 388 g/mol. The third-order valence-electron chi connectivity index (χ3n) is 4.93. The lowest BCUT2D eigenvalue weighted by molar-refractivity contribution is -0.138. The zero-order valence-electron chi connectivity index (χ0n) is 15.4. The summed E-state index contributed by atoms with van der Waals surface area (Å²) in [7, 11) is -3.41. The normalized spacial score (nSPS) is 18.1. The predicted octanol–water partition coefficient (Wildman–Crippen LogP) is 1.53. The molecule has 2 N–H and O–H groups in total. The van der Waals surface area contributed by atoms with Gasteiger partial charge in [0.05, 0.1) is 5.75 Å². The smallest absolute Gasteiger partial charge is 0.247 e. The number of benzene rings is 2. The summed E-state index contributed by atoms with van der Waals surface area (Å²) in [6, 6.07) is 18.4. The van der Waals surface area contributed by atoms with Crippen LogP contribution in [0.1, 0.15) is 18.1 Å². The second kappa shape index (κ2) is 7.80. The summed E-state index contributed by atoms with van der Waals surface area (Å²) >= 11 is 0. The molecule has 1 unspecified atom stereocenters. The third kappa shape index (κ3) is 4.37. The lowest BCUT2D eigenvalue weighted by Crippen LogP contribution is -2.57. The van der Waals surface area contributed by atoms with E-state index in [1.807, 2.05) is 48.5 Å².